The Balaban J connectivity index is 1.58. The summed E-state index contributed by atoms with van der Waals surface area (Å²) in [5, 5.41) is 0. The normalized spacial score (nSPS) is 21.0. The maximum atomic E-state index is 4.95. The van der Waals surface area contributed by atoms with E-state index in [1.807, 2.05) is 18.5 Å². The molecule has 0 radical (unpaired) electrons. The van der Waals surface area contributed by atoms with E-state index in [9.17, 15) is 0 Å². The number of H-pyrrole nitrogens is 1. The molecule has 1 aliphatic heterocycles. The summed E-state index contributed by atoms with van der Waals surface area (Å²) >= 11 is 0. The van der Waals surface area contributed by atoms with Crippen molar-refractivity contribution in [3.8, 4) is 0 Å². The van der Waals surface area contributed by atoms with Crippen LogP contribution in [0.25, 0.3) is 0 Å². The third-order valence-electron chi connectivity index (χ3n) is 5.38. The number of pyridine rings is 2. The first-order chi connectivity index (χ1) is 12.7. The van der Waals surface area contributed by atoms with Crippen LogP contribution in [0.1, 0.15) is 59.8 Å². The van der Waals surface area contributed by atoms with Gasteiger partial charge < -0.3 is 4.98 Å². The Morgan fingerprint density at radius 2 is 1.96 bits per heavy atom. The summed E-state index contributed by atoms with van der Waals surface area (Å²) < 4.78 is 0. The van der Waals surface area contributed by atoms with Crippen molar-refractivity contribution in [2.75, 3.05) is 7.05 Å². The molecule has 1 N–H and O–H groups in total. The van der Waals surface area contributed by atoms with Gasteiger partial charge in [-0.2, -0.15) is 0 Å². The Bertz CT molecular complexity index is 858. The molecule has 1 aliphatic rings. The molecule has 5 nitrogen and oxygen atoms in total. The number of likely N-dealkylation sites (tertiary alicyclic amines) is 1. The molecule has 0 spiro atoms. The summed E-state index contributed by atoms with van der Waals surface area (Å²) in [6.45, 7) is 2.15. The Hall–Kier alpha value is -2.53. The number of imidazole rings is 1. The number of aromatic nitrogens is 4. The van der Waals surface area contributed by atoms with E-state index in [1.165, 1.54) is 17.7 Å². The maximum absolute atomic E-state index is 4.95. The zero-order valence-corrected chi connectivity index (χ0v) is 15.4. The van der Waals surface area contributed by atoms with E-state index in [-0.39, 0.29) is 0 Å². The van der Waals surface area contributed by atoms with Crippen molar-refractivity contribution in [1.29, 1.82) is 0 Å². The Labute approximate surface area is 154 Å². The minimum atomic E-state index is 0.326. The molecule has 1 saturated heterocycles. The van der Waals surface area contributed by atoms with Gasteiger partial charge in [-0.1, -0.05) is 12.1 Å². The van der Waals surface area contributed by atoms with Gasteiger partial charge in [0.05, 0.1) is 23.5 Å². The summed E-state index contributed by atoms with van der Waals surface area (Å²) in [7, 11) is 2.21. The van der Waals surface area contributed by atoms with E-state index in [1.54, 1.807) is 6.20 Å². The predicted molar refractivity (Wildman–Crippen MR) is 102 cm³/mol. The Morgan fingerprint density at radius 3 is 2.77 bits per heavy atom. The predicted octanol–water partition coefficient (Wildman–Crippen LogP) is 4.00. The molecular formula is C21H25N5. The molecule has 1 fully saturated rings. The fourth-order valence-corrected chi connectivity index (χ4v) is 4.01. The van der Waals surface area contributed by atoms with Gasteiger partial charge in [0.15, 0.2) is 0 Å². The lowest BCUT2D eigenvalue weighted by Gasteiger charge is -2.39. The smallest absolute Gasteiger partial charge is 0.112 e. The SMILES string of the molecule is Cc1cccnc1[C@@H]1CCC[C@H](c2cccc(Cc3ncc[nH]3)n2)N1C. The van der Waals surface area contributed by atoms with Crippen LogP contribution in [-0.4, -0.2) is 31.9 Å². The van der Waals surface area contributed by atoms with E-state index >= 15 is 0 Å². The first kappa shape index (κ1) is 16.9. The molecule has 26 heavy (non-hydrogen) atoms. The van der Waals surface area contributed by atoms with Crippen LogP contribution < -0.4 is 0 Å². The number of hydrogen-bond acceptors (Lipinski definition) is 4. The molecular weight excluding hydrogens is 322 g/mol. The van der Waals surface area contributed by atoms with Crippen molar-refractivity contribution in [2.45, 2.75) is 44.7 Å². The number of nitrogens with zero attached hydrogens (tertiary/aromatic N) is 4. The lowest BCUT2D eigenvalue weighted by atomic mass is 9.90. The van der Waals surface area contributed by atoms with Gasteiger partial charge in [-0.3, -0.25) is 14.9 Å². The topological polar surface area (TPSA) is 57.7 Å². The van der Waals surface area contributed by atoms with Gasteiger partial charge in [-0.15, -0.1) is 0 Å². The number of aromatic amines is 1. The number of nitrogens with one attached hydrogen (secondary N) is 1. The van der Waals surface area contributed by atoms with Crippen molar-refractivity contribution in [3.63, 3.8) is 0 Å². The van der Waals surface area contributed by atoms with E-state index in [0.29, 0.717) is 12.1 Å². The summed E-state index contributed by atoms with van der Waals surface area (Å²) in [5.74, 6) is 0.952. The third kappa shape index (κ3) is 3.40. The summed E-state index contributed by atoms with van der Waals surface area (Å²) in [6.07, 6.45) is 9.76. The second-order valence-electron chi connectivity index (χ2n) is 7.10. The lowest BCUT2D eigenvalue weighted by Crippen LogP contribution is -2.34. The van der Waals surface area contributed by atoms with Crippen LogP contribution in [0.15, 0.2) is 48.9 Å². The molecule has 2 atom stereocenters. The van der Waals surface area contributed by atoms with Crippen LogP contribution in [0, 0.1) is 6.92 Å². The zero-order chi connectivity index (χ0) is 17.9. The highest BCUT2D eigenvalue weighted by molar-refractivity contribution is 5.24. The molecule has 0 aliphatic carbocycles. The van der Waals surface area contributed by atoms with Crippen molar-refractivity contribution >= 4 is 0 Å². The van der Waals surface area contributed by atoms with E-state index in [0.717, 1.165) is 36.5 Å². The molecule has 0 amide bonds. The van der Waals surface area contributed by atoms with E-state index in [2.05, 4.69) is 58.1 Å². The minimum absolute atomic E-state index is 0.326. The van der Waals surface area contributed by atoms with Crippen molar-refractivity contribution in [3.05, 3.63) is 77.4 Å². The van der Waals surface area contributed by atoms with Gasteiger partial charge in [0, 0.05) is 30.7 Å². The van der Waals surface area contributed by atoms with Gasteiger partial charge in [0.1, 0.15) is 5.82 Å². The third-order valence-corrected chi connectivity index (χ3v) is 5.38. The largest absolute Gasteiger partial charge is 0.348 e. The summed E-state index contributed by atoms with van der Waals surface area (Å²) in [4.78, 5) is 19.6. The number of hydrogen-bond donors (Lipinski definition) is 1. The van der Waals surface area contributed by atoms with Crippen molar-refractivity contribution in [2.24, 2.45) is 0 Å². The maximum Gasteiger partial charge on any atom is 0.112 e. The average Bonchev–Trinajstić information content (AvgIpc) is 3.16. The van der Waals surface area contributed by atoms with Crippen molar-refractivity contribution < 1.29 is 0 Å². The Kier molecular flexibility index (Phi) is 4.80. The van der Waals surface area contributed by atoms with Gasteiger partial charge in [0.2, 0.25) is 0 Å². The standard InChI is InChI=1S/C21H25N5/c1-15-6-5-11-24-21(15)19-10-4-9-18(26(19)2)17-8-3-7-16(25-17)14-20-22-12-13-23-20/h3,5-8,11-13,18-19H,4,9-10,14H2,1-2H3,(H,22,23)/t18-,19+/m1/s1. The van der Waals surface area contributed by atoms with E-state index < -0.39 is 0 Å². The fourth-order valence-electron chi connectivity index (χ4n) is 4.01. The molecule has 134 valence electrons. The number of rotatable bonds is 4. The number of aryl methyl sites for hydroxylation is 1. The highest BCUT2D eigenvalue weighted by atomic mass is 15.2. The Morgan fingerprint density at radius 1 is 1.08 bits per heavy atom. The average molecular weight is 347 g/mol. The van der Waals surface area contributed by atoms with Gasteiger partial charge in [0.25, 0.3) is 0 Å². The van der Waals surface area contributed by atoms with Crippen LogP contribution in [0.5, 0.6) is 0 Å². The highest BCUT2D eigenvalue weighted by Gasteiger charge is 2.31. The monoisotopic (exact) mass is 347 g/mol. The first-order valence-corrected chi connectivity index (χ1v) is 9.30. The molecule has 0 aromatic carbocycles. The molecule has 0 bridgehead atoms. The van der Waals surface area contributed by atoms with Gasteiger partial charge >= 0.3 is 0 Å². The molecule has 4 heterocycles. The van der Waals surface area contributed by atoms with Gasteiger partial charge in [-0.05, 0) is 57.0 Å². The molecule has 3 aromatic rings. The van der Waals surface area contributed by atoms with Crippen LogP contribution in [0.4, 0.5) is 0 Å². The summed E-state index contributed by atoms with van der Waals surface area (Å²) in [5.41, 5.74) is 4.67. The molecule has 3 aromatic heterocycles. The van der Waals surface area contributed by atoms with Crippen LogP contribution in [0.2, 0.25) is 0 Å². The number of piperidine rings is 1. The second-order valence-corrected chi connectivity index (χ2v) is 7.10. The van der Waals surface area contributed by atoms with Crippen LogP contribution in [0.3, 0.4) is 0 Å². The zero-order valence-electron chi connectivity index (χ0n) is 15.4. The van der Waals surface area contributed by atoms with E-state index in [4.69, 9.17) is 4.98 Å². The first-order valence-electron chi connectivity index (χ1n) is 9.30. The second kappa shape index (κ2) is 7.38. The van der Waals surface area contributed by atoms with Gasteiger partial charge in [-0.25, -0.2) is 4.98 Å². The molecule has 0 unspecified atom stereocenters. The highest BCUT2D eigenvalue weighted by Crippen LogP contribution is 2.39. The minimum Gasteiger partial charge on any atom is -0.348 e. The van der Waals surface area contributed by atoms with Crippen LogP contribution >= 0.6 is 0 Å². The van der Waals surface area contributed by atoms with Crippen molar-refractivity contribution in [1.82, 2.24) is 24.8 Å². The molecule has 4 rings (SSSR count). The molecule has 5 heteroatoms. The van der Waals surface area contributed by atoms with Crippen LogP contribution in [-0.2, 0) is 6.42 Å². The summed E-state index contributed by atoms with van der Waals surface area (Å²) in [6, 6.07) is 11.2. The fraction of sp³-hybridized carbons (Fsp3) is 0.381. The molecule has 0 saturated carbocycles. The quantitative estimate of drug-likeness (QED) is 0.775. The lowest BCUT2D eigenvalue weighted by molar-refractivity contribution is 0.109.